The summed E-state index contributed by atoms with van der Waals surface area (Å²) in [7, 11) is 2.11. The summed E-state index contributed by atoms with van der Waals surface area (Å²) in [5.41, 5.74) is 3.82. The molecule has 0 spiro atoms. The molecule has 1 saturated heterocycles. The van der Waals surface area contributed by atoms with Gasteiger partial charge in [-0.1, -0.05) is 12.1 Å². The van der Waals surface area contributed by atoms with Gasteiger partial charge in [-0.05, 0) is 42.9 Å². The van der Waals surface area contributed by atoms with Crippen molar-refractivity contribution in [3.05, 3.63) is 66.7 Å². The maximum Gasteiger partial charge on any atom is 0.276 e. The topological polar surface area (TPSA) is 90.0 Å². The highest BCUT2D eigenvalue weighted by Gasteiger charge is 2.21. The van der Waals surface area contributed by atoms with E-state index in [0.717, 1.165) is 54.0 Å². The lowest BCUT2D eigenvalue weighted by molar-refractivity contribution is 0.102. The number of carbonyl (C=O) groups is 1. The summed E-state index contributed by atoms with van der Waals surface area (Å²) in [6.45, 7) is 3.67. The van der Waals surface area contributed by atoms with E-state index in [9.17, 15) is 4.79 Å². The molecule has 0 unspecified atom stereocenters. The molecule has 1 amide bonds. The second-order valence-corrected chi connectivity index (χ2v) is 7.69. The second-order valence-electron chi connectivity index (χ2n) is 7.69. The van der Waals surface area contributed by atoms with Crippen LogP contribution in [0.5, 0.6) is 0 Å². The van der Waals surface area contributed by atoms with E-state index in [0.29, 0.717) is 11.4 Å². The normalized spacial score (nSPS) is 14.7. The summed E-state index contributed by atoms with van der Waals surface area (Å²) in [5, 5.41) is 11.0. The molecule has 4 aromatic rings. The number of pyridine rings is 2. The number of hydrogen-bond acceptors (Lipinski definition) is 6. The first-order chi connectivity index (χ1) is 15.2. The van der Waals surface area contributed by atoms with Gasteiger partial charge in [0.25, 0.3) is 5.91 Å². The van der Waals surface area contributed by atoms with Gasteiger partial charge in [0.1, 0.15) is 0 Å². The molecule has 31 heavy (non-hydrogen) atoms. The first-order valence-corrected chi connectivity index (χ1v) is 10.3. The SMILES string of the molecule is CN1CCN(c2ncccc2NC(=O)c2n[nH]c3ccc(-c4cccnc4)cc23)CC1. The van der Waals surface area contributed by atoms with Crippen molar-refractivity contribution in [1.29, 1.82) is 0 Å². The van der Waals surface area contributed by atoms with E-state index in [-0.39, 0.29) is 5.91 Å². The molecular formula is C23H23N7O. The number of piperazine rings is 1. The lowest BCUT2D eigenvalue weighted by atomic mass is 10.0. The first-order valence-electron chi connectivity index (χ1n) is 10.3. The monoisotopic (exact) mass is 413 g/mol. The van der Waals surface area contributed by atoms with Gasteiger partial charge in [-0.3, -0.25) is 14.9 Å². The van der Waals surface area contributed by atoms with E-state index >= 15 is 0 Å². The summed E-state index contributed by atoms with van der Waals surface area (Å²) in [4.78, 5) is 26.4. The molecular weight excluding hydrogens is 390 g/mol. The van der Waals surface area contributed by atoms with Crippen LogP contribution < -0.4 is 10.2 Å². The molecule has 1 aromatic carbocycles. The van der Waals surface area contributed by atoms with Crippen LogP contribution in [0.15, 0.2) is 61.1 Å². The fourth-order valence-corrected chi connectivity index (χ4v) is 3.85. The van der Waals surface area contributed by atoms with Crippen molar-refractivity contribution in [3.8, 4) is 11.1 Å². The summed E-state index contributed by atoms with van der Waals surface area (Å²) < 4.78 is 0. The van der Waals surface area contributed by atoms with Gasteiger partial charge in [0.15, 0.2) is 11.5 Å². The number of aromatic amines is 1. The smallest absolute Gasteiger partial charge is 0.276 e. The fraction of sp³-hybridized carbons (Fsp3) is 0.217. The minimum atomic E-state index is -0.266. The van der Waals surface area contributed by atoms with Gasteiger partial charge in [0.2, 0.25) is 0 Å². The molecule has 0 atom stereocenters. The molecule has 1 aliphatic rings. The molecule has 0 radical (unpaired) electrons. The van der Waals surface area contributed by atoms with Gasteiger partial charge in [-0.2, -0.15) is 5.10 Å². The number of anilines is 2. The molecule has 2 N–H and O–H groups in total. The van der Waals surface area contributed by atoms with Crippen molar-refractivity contribution in [1.82, 2.24) is 25.1 Å². The number of carbonyl (C=O) groups excluding carboxylic acids is 1. The number of rotatable bonds is 4. The Morgan fingerprint density at radius 1 is 1.03 bits per heavy atom. The van der Waals surface area contributed by atoms with Crippen LogP contribution in [0.2, 0.25) is 0 Å². The molecule has 3 aromatic heterocycles. The standard InChI is InChI=1S/C23H23N7O/c1-29-10-12-30(13-11-29)22-20(5-3-9-25-22)26-23(31)21-18-14-16(6-7-19(18)27-28-21)17-4-2-8-24-15-17/h2-9,14-15H,10-13H2,1H3,(H,26,31)(H,27,28). The molecule has 0 saturated carbocycles. The Morgan fingerprint density at radius 3 is 2.68 bits per heavy atom. The van der Waals surface area contributed by atoms with E-state index in [2.05, 4.69) is 42.3 Å². The Kier molecular flexibility index (Phi) is 5.05. The number of fused-ring (bicyclic) bond motifs is 1. The number of nitrogens with one attached hydrogen (secondary N) is 2. The van der Waals surface area contributed by atoms with Crippen molar-refractivity contribution in [2.75, 3.05) is 43.4 Å². The number of benzene rings is 1. The highest BCUT2D eigenvalue weighted by Crippen LogP contribution is 2.27. The summed E-state index contributed by atoms with van der Waals surface area (Å²) in [6, 6.07) is 13.5. The average molecular weight is 413 g/mol. The number of hydrogen-bond donors (Lipinski definition) is 2. The number of aromatic nitrogens is 4. The second kappa shape index (κ2) is 8.16. The number of amides is 1. The fourth-order valence-electron chi connectivity index (χ4n) is 3.85. The van der Waals surface area contributed by atoms with Crippen molar-refractivity contribution in [2.45, 2.75) is 0 Å². The maximum absolute atomic E-state index is 13.2. The molecule has 4 heterocycles. The molecule has 0 bridgehead atoms. The van der Waals surface area contributed by atoms with Crippen LogP contribution in [0.25, 0.3) is 22.0 Å². The molecule has 8 nitrogen and oxygen atoms in total. The Balaban J connectivity index is 1.44. The maximum atomic E-state index is 13.2. The van der Waals surface area contributed by atoms with Crippen molar-refractivity contribution >= 4 is 28.3 Å². The van der Waals surface area contributed by atoms with Gasteiger partial charge in [-0.25, -0.2) is 4.98 Å². The summed E-state index contributed by atoms with van der Waals surface area (Å²) in [6.07, 6.45) is 5.30. The van der Waals surface area contributed by atoms with Crippen LogP contribution in [0.4, 0.5) is 11.5 Å². The summed E-state index contributed by atoms with van der Waals surface area (Å²) in [5.74, 6) is 0.526. The van der Waals surface area contributed by atoms with E-state index < -0.39 is 0 Å². The third kappa shape index (κ3) is 3.85. The van der Waals surface area contributed by atoms with Crippen LogP contribution >= 0.6 is 0 Å². The zero-order chi connectivity index (χ0) is 21.2. The molecule has 5 rings (SSSR count). The molecule has 1 fully saturated rings. The Morgan fingerprint density at radius 2 is 1.87 bits per heavy atom. The van der Waals surface area contributed by atoms with E-state index in [1.165, 1.54) is 0 Å². The number of H-pyrrole nitrogens is 1. The quantitative estimate of drug-likeness (QED) is 0.535. The van der Waals surface area contributed by atoms with Gasteiger partial charge in [0, 0.05) is 55.7 Å². The van der Waals surface area contributed by atoms with E-state index in [1.54, 1.807) is 18.6 Å². The van der Waals surface area contributed by atoms with Crippen molar-refractivity contribution in [2.24, 2.45) is 0 Å². The van der Waals surface area contributed by atoms with Crippen LogP contribution in [0, 0.1) is 0 Å². The Labute approximate surface area is 179 Å². The summed E-state index contributed by atoms with van der Waals surface area (Å²) >= 11 is 0. The zero-order valence-corrected chi connectivity index (χ0v) is 17.2. The Hall–Kier alpha value is -3.78. The predicted molar refractivity (Wildman–Crippen MR) is 121 cm³/mol. The third-order valence-corrected chi connectivity index (χ3v) is 5.61. The molecule has 0 aliphatic carbocycles. The van der Waals surface area contributed by atoms with Crippen LogP contribution in [-0.2, 0) is 0 Å². The Bertz CT molecular complexity index is 1210. The number of nitrogens with zero attached hydrogens (tertiary/aromatic N) is 5. The van der Waals surface area contributed by atoms with E-state index in [4.69, 9.17) is 0 Å². The van der Waals surface area contributed by atoms with Gasteiger partial charge in [0.05, 0.1) is 11.2 Å². The lowest BCUT2D eigenvalue weighted by Crippen LogP contribution is -2.45. The molecule has 1 aliphatic heterocycles. The minimum Gasteiger partial charge on any atom is -0.352 e. The minimum absolute atomic E-state index is 0.266. The van der Waals surface area contributed by atoms with Gasteiger partial charge < -0.3 is 15.1 Å². The van der Waals surface area contributed by atoms with E-state index in [1.807, 2.05) is 42.5 Å². The third-order valence-electron chi connectivity index (χ3n) is 5.61. The highest BCUT2D eigenvalue weighted by atomic mass is 16.2. The van der Waals surface area contributed by atoms with Crippen molar-refractivity contribution in [3.63, 3.8) is 0 Å². The zero-order valence-electron chi connectivity index (χ0n) is 17.2. The van der Waals surface area contributed by atoms with Gasteiger partial charge in [-0.15, -0.1) is 0 Å². The van der Waals surface area contributed by atoms with Crippen LogP contribution in [-0.4, -0.2) is 64.2 Å². The average Bonchev–Trinajstić information content (AvgIpc) is 3.24. The first kappa shape index (κ1) is 19.2. The number of likely N-dealkylation sites (N-methyl/N-ethyl adjacent to an activating group) is 1. The highest BCUT2D eigenvalue weighted by molar-refractivity contribution is 6.12. The van der Waals surface area contributed by atoms with Crippen LogP contribution in [0.3, 0.4) is 0 Å². The largest absolute Gasteiger partial charge is 0.352 e. The predicted octanol–water partition coefficient (Wildman–Crippen LogP) is 3.02. The lowest BCUT2D eigenvalue weighted by Gasteiger charge is -2.34. The van der Waals surface area contributed by atoms with Gasteiger partial charge >= 0.3 is 0 Å². The molecule has 8 heteroatoms. The van der Waals surface area contributed by atoms with Crippen molar-refractivity contribution < 1.29 is 4.79 Å². The van der Waals surface area contributed by atoms with Crippen LogP contribution in [0.1, 0.15) is 10.5 Å². The molecule has 156 valence electrons.